The number of amides is 1. The molecule has 1 aromatic carbocycles. The molecule has 0 fully saturated rings. The van der Waals surface area contributed by atoms with Gasteiger partial charge in [-0.15, -0.1) is 11.3 Å². The summed E-state index contributed by atoms with van der Waals surface area (Å²) in [7, 11) is 0. The van der Waals surface area contributed by atoms with Crippen molar-refractivity contribution in [3.63, 3.8) is 0 Å². The van der Waals surface area contributed by atoms with Crippen LogP contribution < -0.4 is 10.5 Å². The van der Waals surface area contributed by atoms with Gasteiger partial charge in [-0.25, -0.2) is 9.97 Å². The fourth-order valence-electron chi connectivity index (χ4n) is 2.91. The number of carbonyl (C=O) groups is 1. The Morgan fingerprint density at radius 3 is 2.75 bits per heavy atom. The minimum absolute atomic E-state index is 0.0454. The number of thioether (sulfide) groups is 1. The van der Waals surface area contributed by atoms with Crippen LogP contribution >= 0.6 is 34.4 Å². The molecule has 3 heterocycles. The highest BCUT2D eigenvalue weighted by molar-refractivity contribution is 7.99. The lowest BCUT2D eigenvalue weighted by Crippen LogP contribution is -2.32. The van der Waals surface area contributed by atoms with E-state index >= 15 is 0 Å². The molecule has 144 valence electrons. The maximum atomic E-state index is 12.9. The summed E-state index contributed by atoms with van der Waals surface area (Å²) in [6.07, 6.45) is 0. The van der Waals surface area contributed by atoms with Crippen molar-refractivity contribution in [2.45, 2.75) is 25.5 Å². The molecule has 0 saturated heterocycles. The van der Waals surface area contributed by atoms with E-state index in [1.165, 1.54) is 34.4 Å². The van der Waals surface area contributed by atoms with Gasteiger partial charge < -0.3 is 0 Å². The van der Waals surface area contributed by atoms with Gasteiger partial charge in [-0.1, -0.05) is 35.2 Å². The number of hydrogen-bond donors (Lipinski definition) is 0. The quantitative estimate of drug-likeness (QED) is 0.338. The van der Waals surface area contributed by atoms with Gasteiger partial charge in [-0.05, 0) is 37.4 Å². The second kappa shape index (κ2) is 8.02. The van der Waals surface area contributed by atoms with E-state index in [9.17, 15) is 9.59 Å². The number of aromatic nitrogens is 3. The summed E-state index contributed by atoms with van der Waals surface area (Å²) in [6.45, 7) is 4.91. The van der Waals surface area contributed by atoms with Gasteiger partial charge in [0, 0.05) is 13.1 Å². The molecule has 4 aromatic rings. The molecule has 0 aliphatic heterocycles. The van der Waals surface area contributed by atoms with E-state index in [-0.39, 0.29) is 17.2 Å². The molecule has 4 rings (SSSR count). The molecule has 1 amide bonds. The maximum absolute atomic E-state index is 12.9. The number of anilines is 1. The van der Waals surface area contributed by atoms with Crippen molar-refractivity contribution in [2.75, 3.05) is 17.2 Å². The molecule has 3 aromatic heterocycles. The van der Waals surface area contributed by atoms with Crippen LogP contribution in [0.5, 0.6) is 0 Å². The summed E-state index contributed by atoms with van der Waals surface area (Å²) in [5.41, 5.74) is 1.54. The van der Waals surface area contributed by atoms with Crippen LogP contribution in [0.4, 0.5) is 5.13 Å². The Morgan fingerprint density at radius 2 is 2.00 bits per heavy atom. The number of para-hydroxylation sites is 1. The fraction of sp³-hybridized carbons (Fsp3) is 0.263. The molecule has 6 nitrogen and oxygen atoms in total. The van der Waals surface area contributed by atoms with E-state index in [0.29, 0.717) is 33.6 Å². The predicted molar refractivity (Wildman–Crippen MR) is 118 cm³/mol. The number of carbonyl (C=O) groups excluding carboxylic acids is 1. The minimum Gasteiger partial charge on any atom is -0.288 e. The highest BCUT2D eigenvalue weighted by Crippen LogP contribution is 2.29. The first-order valence-corrected chi connectivity index (χ1v) is 11.6. The van der Waals surface area contributed by atoms with E-state index in [1.807, 2.05) is 49.6 Å². The SMILES string of the molecule is CCN(C(=O)CSc1nc2ccsc2c(=O)n1CC)c1nc2ccccc2s1. The molecule has 28 heavy (non-hydrogen) atoms. The monoisotopic (exact) mass is 430 g/mol. The second-order valence-corrected chi connectivity index (χ2v) is 8.84. The summed E-state index contributed by atoms with van der Waals surface area (Å²) < 4.78 is 3.34. The molecular formula is C19H18N4O2S3. The molecule has 0 unspecified atom stereocenters. The predicted octanol–water partition coefficient (Wildman–Crippen LogP) is 4.23. The standard InChI is InChI=1S/C19H18N4O2S3/c1-3-22(19-20-12-7-5-6-8-14(12)28-19)15(24)11-27-18-21-13-9-10-26-16(13)17(25)23(18)4-2/h5-10H,3-4,11H2,1-2H3. The van der Waals surface area contributed by atoms with Crippen LogP contribution in [-0.4, -0.2) is 32.7 Å². The Bertz CT molecular complexity index is 1180. The van der Waals surface area contributed by atoms with Gasteiger partial charge in [0.25, 0.3) is 5.56 Å². The van der Waals surface area contributed by atoms with Crippen molar-refractivity contribution in [3.8, 4) is 0 Å². The zero-order valence-electron chi connectivity index (χ0n) is 15.4. The van der Waals surface area contributed by atoms with Gasteiger partial charge in [0.1, 0.15) is 4.70 Å². The van der Waals surface area contributed by atoms with Gasteiger partial charge in [0.15, 0.2) is 10.3 Å². The summed E-state index contributed by atoms with van der Waals surface area (Å²) >= 11 is 4.21. The minimum atomic E-state index is -0.0473. The van der Waals surface area contributed by atoms with E-state index in [4.69, 9.17) is 0 Å². The third kappa shape index (κ3) is 3.45. The van der Waals surface area contributed by atoms with Gasteiger partial charge in [-0.3, -0.25) is 19.1 Å². The van der Waals surface area contributed by atoms with E-state index in [0.717, 1.165) is 10.2 Å². The van der Waals surface area contributed by atoms with Crippen molar-refractivity contribution in [1.29, 1.82) is 0 Å². The molecule has 0 aliphatic carbocycles. The highest BCUT2D eigenvalue weighted by Gasteiger charge is 2.20. The molecule has 0 N–H and O–H groups in total. The molecule has 9 heteroatoms. The Hall–Kier alpha value is -2.23. The normalized spacial score (nSPS) is 11.4. The average molecular weight is 431 g/mol. The number of benzene rings is 1. The van der Waals surface area contributed by atoms with Crippen molar-refractivity contribution < 1.29 is 4.79 Å². The molecule has 0 bridgehead atoms. The van der Waals surface area contributed by atoms with Crippen LogP contribution in [0.2, 0.25) is 0 Å². The first-order valence-electron chi connectivity index (χ1n) is 8.89. The Morgan fingerprint density at radius 1 is 1.18 bits per heavy atom. The lowest BCUT2D eigenvalue weighted by Gasteiger charge is -2.17. The molecule has 0 radical (unpaired) electrons. The van der Waals surface area contributed by atoms with Crippen LogP contribution in [0.15, 0.2) is 45.7 Å². The van der Waals surface area contributed by atoms with Crippen molar-refractivity contribution in [2.24, 2.45) is 0 Å². The van der Waals surface area contributed by atoms with Gasteiger partial charge in [0.05, 0.1) is 21.5 Å². The third-order valence-corrected chi connectivity index (χ3v) is 7.21. The van der Waals surface area contributed by atoms with E-state index in [2.05, 4.69) is 9.97 Å². The van der Waals surface area contributed by atoms with Gasteiger partial charge in [-0.2, -0.15) is 0 Å². The van der Waals surface area contributed by atoms with Crippen molar-refractivity contribution >= 4 is 65.9 Å². The zero-order chi connectivity index (χ0) is 19.7. The number of fused-ring (bicyclic) bond motifs is 2. The largest absolute Gasteiger partial charge is 0.288 e. The molecule has 0 aliphatic rings. The van der Waals surface area contributed by atoms with Crippen molar-refractivity contribution in [1.82, 2.24) is 14.5 Å². The first-order chi connectivity index (χ1) is 13.6. The smallest absolute Gasteiger partial charge is 0.272 e. The number of thiophene rings is 1. The Kier molecular flexibility index (Phi) is 5.47. The Balaban J connectivity index is 1.57. The molecule has 0 spiro atoms. The molecule has 0 atom stereocenters. The molecule has 0 saturated carbocycles. The zero-order valence-corrected chi connectivity index (χ0v) is 17.9. The fourth-order valence-corrected chi connectivity index (χ4v) is 5.67. The van der Waals surface area contributed by atoms with Crippen LogP contribution in [0.1, 0.15) is 13.8 Å². The van der Waals surface area contributed by atoms with Crippen LogP contribution in [0.25, 0.3) is 20.4 Å². The van der Waals surface area contributed by atoms with Gasteiger partial charge in [0.2, 0.25) is 5.91 Å². The summed E-state index contributed by atoms with van der Waals surface area (Å²) in [4.78, 5) is 36.4. The lowest BCUT2D eigenvalue weighted by molar-refractivity contribution is -0.116. The third-order valence-electron chi connectivity index (χ3n) is 4.30. The first kappa shape index (κ1) is 19.1. The van der Waals surface area contributed by atoms with Crippen molar-refractivity contribution in [3.05, 3.63) is 46.1 Å². The number of rotatable bonds is 6. The summed E-state index contributed by atoms with van der Waals surface area (Å²) in [6, 6.07) is 9.70. The lowest BCUT2D eigenvalue weighted by atomic mass is 10.3. The van der Waals surface area contributed by atoms with Crippen LogP contribution in [-0.2, 0) is 11.3 Å². The average Bonchev–Trinajstić information content (AvgIpc) is 3.33. The highest BCUT2D eigenvalue weighted by atomic mass is 32.2. The topological polar surface area (TPSA) is 68.1 Å². The van der Waals surface area contributed by atoms with E-state index in [1.54, 1.807) is 9.47 Å². The van der Waals surface area contributed by atoms with Crippen LogP contribution in [0, 0.1) is 0 Å². The van der Waals surface area contributed by atoms with E-state index < -0.39 is 0 Å². The number of thiazole rings is 1. The molecular weight excluding hydrogens is 412 g/mol. The summed E-state index contributed by atoms with van der Waals surface area (Å²) in [5, 5.41) is 3.14. The number of hydrogen-bond acceptors (Lipinski definition) is 7. The summed E-state index contributed by atoms with van der Waals surface area (Å²) in [5.74, 6) is 0.153. The van der Waals surface area contributed by atoms with Crippen LogP contribution in [0.3, 0.4) is 0 Å². The van der Waals surface area contributed by atoms with Gasteiger partial charge >= 0.3 is 0 Å². The second-order valence-electron chi connectivity index (χ2n) is 5.97. The maximum Gasteiger partial charge on any atom is 0.272 e. The number of nitrogens with zero attached hydrogens (tertiary/aromatic N) is 4. The Labute approximate surface area is 173 Å².